The van der Waals surface area contributed by atoms with Crippen LogP contribution in [0.2, 0.25) is 0 Å². The molecule has 0 unspecified atom stereocenters. The SMILES string of the molecule is COc1ccc(CN2CCN(C(=O)CCc3ccccc3)CC2)cc1C. The molecular formula is C22H28N2O2. The number of piperazine rings is 1. The Kier molecular flexibility index (Phi) is 6.29. The number of methoxy groups -OCH3 is 1. The van der Waals surface area contributed by atoms with Crippen LogP contribution in [-0.4, -0.2) is 49.0 Å². The summed E-state index contributed by atoms with van der Waals surface area (Å²) in [7, 11) is 1.70. The average Bonchev–Trinajstić information content (AvgIpc) is 2.68. The summed E-state index contributed by atoms with van der Waals surface area (Å²) in [6, 6.07) is 16.6. The van der Waals surface area contributed by atoms with Crippen molar-refractivity contribution in [2.45, 2.75) is 26.3 Å². The van der Waals surface area contributed by atoms with E-state index in [1.165, 1.54) is 16.7 Å². The van der Waals surface area contributed by atoms with Crippen LogP contribution in [-0.2, 0) is 17.8 Å². The second kappa shape index (κ2) is 8.86. The zero-order valence-corrected chi connectivity index (χ0v) is 15.8. The standard InChI is InChI=1S/C22H28N2O2/c1-18-16-20(8-10-21(18)26-2)17-23-12-14-24(15-13-23)22(25)11-9-19-6-4-3-5-7-19/h3-8,10,16H,9,11-15,17H2,1-2H3. The minimum absolute atomic E-state index is 0.272. The van der Waals surface area contributed by atoms with E-state index >= 15 is 0 Å². The van der Waals surface area contributed by atoms with E-state index in [1.807, 2.05) is 29.2 Å². The van der Waals surface area contributed by atoms with E-state index in [2.05, 4.69) is 36.1 Å². The Hall–Kier alpha value is -2.33. The molecule has 0 N–H and O–H groups in total. The molecule has 0 spiro atoms. The van der Waals surface area contributed by atoms with Gasteiger partial charge in [0, 0.05) is 39.1 Å². The topological polar surface area (TPSA) is 32.8 Å². The van der Waals surface area contributed by atoms with Gasteiger partial charge in [-0.2, -0.15) is 0 Å². The van der Waals surface area contributed by atoms with Crippen molar-refractivity contribution in [2.75, 3.05) is 33.3 Å². The molecule has 4 nitrogen and oxygen atoms in total. The van der Waals surface area contributed by atoms with Crippen LogP contribution in [0.3, 0.4) is 0 Å². The molecule has 0 radical (unpaired) electrons. The molecule has 2 aromatic carbocycles. The molecular weight excluding hydrogens is 324 g/mol. The third-order valence-corrected chi connectivity index (χ3v) is 5.06. The number of nitrogens with zero attached hydrogens (tertiary/aromatic N) is 2. The van der Waals surface area contributed by atoms with E-state index in [0.717, 1.165) is 44.9 Å². The molecule has 1 aliphatic heterocycles. The number of rotatable bonds is 6. The highest BCUT2D eigenvalue weighted by molar-refractivity contribution is 5.76. The molecule has 138 valence electrons. The number of ether oxygens (including phenoxy) is 1. The number of amides is 1. The summed E-state index contributed by atoms with van der Waals surface area (Å²) < 4.78 is 5.33. The highest BCUT2D eigenvalue weighted by Crippen LogP contribution is 2.20. The van der Waals surface area contributed by atoms with Crippen LogP contribution in [0.1, 0.15) is 23.1 Å². The van der Waals surface area contributed by atoms with Gasteiger partial charge in [-0.1, -0.05) is 42.5 Å². The summed E-state index contributed by atoms with van der Waals surface area (Å²) in [5, 5.41) is 0. The van der Waals surface area contributed by atoms with Crippen LogP contribution in [0.25, 0.3) is 0 Å². The van der Waals surface area contributed by atoms with Gasteiger partial charge in [0.15, 0.2) is 0 Å². The van der Waals surface area contributed by atoms with E-state index in [4.69, 9.17) is 4.74 Å². The molecule has 0 aliphatic carbocycles. The second-order valence-electron chi connectivity index (χ2n) is 6.95. The lowest BCUT2D eigenvalue weighted by molar-refractivity contribution is -0.133. The summed E-state index contributed by atoms with van der Waals surface area (Å²) in [5.41, 5.74) is 3.70. The van der Waals surface area contributed by atoms with Gasteiger partial charge in [-0.3, -0.25) is 9.69 Å². The minimum atomic E-state index is 0.272. The Morgan fingerprint density at radius 2 is 1.73 bits per heavy atom. The Labute approximate surface area is 156 Å². The van der Waals surface area contributed by atoms with Gasteiger partial charge in [0.2, 0.25) is 5.91 Å². The van der Waals surface area contributed by atoms with E-state index in [0.29, 0.717) is 6.42 Å². The molecule has 2 aromatic rings. The lowest BCUT2D eigenvalue weighted by atomic mass is 10.1. The summed E-state index contributed by atoms with van der Waals surface area (Å²) >= 11 is 0. The van der Waals surface area contributed by atoms with Gasteiger partial charge in [-0.25, -0.2) is 0 Å². The lowest BCUT2D eigenvalue weighted by Crippen LogP contribution is -2.48. The van der Waals surface area contributed by atoms with Gasteiger partial charge >= 0.3 is 0 Å². The van der Waals surface area contributed by atoms with Crippen LogP contribution in [0.4, 0.5) is 0 Å². The molecule has 1 fully saturated rings. The maximum absolute atomic E-state index is 12.4. The smallest absolute Gasteiger partial charge is 0.222 e. The fraction of sp³-hybridized carbons (Fsp3) is 0.409. The van der Waals surface area contributed by atoms with Crippen LogP contribution >= 0.6 is 0 Å². The molecule has 0 atom stereocenters. The average molecular weight is 352 g/mol. The first-order valence-electron chi connectivity index (χ1n) is 9.33. The minimum Gasteiger partial charge on any atom is -0.496 e. The van der Waals surface area contributed by atoms with Crippen molar-refractivity contribution in [3.05, 3.63) is 65.2 Å². The highest BCUT2D eigenvalue weighted by Gasteiger charge is 2.21. The monoisotopic (exact) mass is 352 g/mol. The van der Waals surface area contributed by atoms with Gasteiger partial charge in [-0.05, 0) is 36.1 Å². The number of benzene rings is 2. The van der Waals surface area contributed by atoms with Crippen molar-refractivity contribution in [2.24, 2.45) is 0 Å². The third-order valence-electron chi connectivity index (χ3n) is 5.06. The molecule has 0 bridgehead atoms. The quantitative estimate of drug-likeness (QED) is 0.800. The van der Waals surface area contributed by atoms with Gasteiger partial charge in [0.1, 0.15) is 5.75 Å². The number of carbonyl (C=O) groups is 1. The second-order valence-corrected chi connectivity index (χ2v) is 6.95. The van der Waals surface area contributed by atoms with Gasteiger partial charge < -0.3 is 9.64 Å². The fourth-order valence-electron chi connectivity index (χ4n) is 3.51. The van der Waals surface area contributed by atoms with Crippen molar-refractivity contribution >= 4 is 5.91 Å². The number of aryl methyl sites for hydroxylation is 2. The van der Waals surface area contributed by atoms with E-state index in [-0.39, 0.29) is 5.91 Å². The molecule has 0 aromatic heterocycles. The summed E-state index contributed by atoms with van der Waals surface area (Å²) in [6.45, 7) is 6.51. The third kappa shape index (κ3) is 4.85. The molecule has 3 rings (SSSR count). The normalized spacial score (nSPS) is 15.1. The molecule has 0 saturated carbocycles. The first-order valence-corrected chi connectivity index (χ1v) is 9.33. The zero-order chi connectivity index (χ0) is 18.4. The molecule has 1 saturated heterocycles. The van der Waals surface area contributed by atoms with Crippen LogP contribution in [0.5, 0.6) is 5.75 Å². The Morgan fingerprint density at radius 1 is 1.00 bits per heavy atom. The molecule has 26 heavy (non-hydrogen) atoms. The Morgan fingerprint density at radius 3 is 2.38 bits per heavy atom. The van der Waals surface area contributed by atoms with E-state index in [9.17, 15) is 4.79 Å². The van der Waals surface area contributed by atoms with Crippen molar-refractivity contribution in [3.8, 4) is 5.75 Å². The van der Waals surface area contributed by atoms with Gasteiger partial charge in [0.05, 0.1) is 7.11 Å². The van der Waals surface area contributed by atoms with Crippen molar-refractivity contribution in [1.29, 1.82) is 0 Å². The van der Waals surface area contributed by atoms with Crippen LogP contribution in [0.15, 0.2) is 48.5 Å². The number of carbonyl (C=O) groups excluding carboxylic acids is 1. The number of hydrogen-bond donors (Lipinski definition) is 0. The van der Waals surface area contributed by atoms with E-state index < -0.39 is 0 Å². The summed E-state index contributed by atoms with van der Waals surface area (Å²) in [6.07, 6.45) is 1.42. The van der Waals surface area contributed by atoms with Crippen molar-refractivity contribution in [3.63, 3.8) is 0 Å². The number of hydrogen-bond acceptors (Lipinski definition) is 3. The summed E-state index contributed by atoms with van der Waals surface area (Å²) in [4.78, 5) is 16.9. The Balaban J connectivity index is 1.45. The molecule has 1 heterocycles. The van der Waals surface area contributed by atoms with Gasteiger partial charge in [-0.15, -0.1) is 0 Å². The maximum atomic E-state index is 12.4. The molecule has 1 aliphatic rings. The predicted octanol–water partition coefficient (Wildman–Crippen LogP) is 3.28. The van der Waals surface area contributed by atoms with Crippen LogP contribution < -0.4 is 4.74 Å². The molecule has 4 heteroatoms. The maximum Gasteiger partial charge on any atom is 0.222 e. The predicted molar refractivity (Wildman–Crippen MR) is 104 cm³/mol. The first kappa shape index (κ1) is 18.5. The van der Waals surface area contributed by atoms with Crippen LogP contribution in [0, 0.1) is 6.92 Å². The van der Waals surface area contributed by atoms with Crippen molar-refractivity contribution < 1.29 is 9.53 Å². The first-order chi connectivity index (χ1) is 12.7. The lowest BCUT2D eigenvalue weighted by Gasteiger charge is -2.35. The largest absolute Gasteiger partial charge is 0.496 e. The highest BCUT2D eigenvalue weighted by atomic mass is 16.5. The van der Waals surface area contributed by atoms with Gasteiger partial charge in [0.25, 0.3) is 0 Å². The zero-order valence-electron chi connectivity index (χ0n) is 15.8. The Bertz CT molecular complexity index is 722. The summed E-state index contributed by atoms with van der Waals surface area (Å²) in [5.74, 6) is 1.20. The van der Waals surface area contributed by atoms with E-state index in [1.54, 1.807) is 7.11 Å². The van der Waals surface area contributed by atoms with Crippen molar-refractivity contribution in [1.82, 2.24) is 9.80 Å². The fourth-order valence-corrected chi connectivity index (χ4v) is 3.51. The molecule has 1 amide bonds.